The van der Waals surface area contributed by atoms with Crippen LogP contribution in [0, 0.1) is 5.82 Å². The van der Waals surface area contributed by atoms with Crippen molar-refractivity contribution in [3.05, 3.63) is 29.6 Å². The van der Waals surface area contributed by atoms with Crippen molar-refractivity contribution in [1.82, 2.24) is 9.21 Å². The lowest BCUT2D eigenvalue weighted by atomic mass is 10.0. The second kappa shape index (κ2) is 5.83. The van der Waals surface area contributed by atoms with E-state index in [9.17, 15) is 12.8 Å². The van der Waals surface area contributed by atoms with Crippen LogP contribution < -0.4 is 0 Å². The first kappa shape index (κ1) is 16.7. The van der Waals surface area contributed by atoms with Crippen molar-refractivity contribution >= 4 is 21.6 Å². The van der Waals surface area contributed by atoms with Crippen LogP contribution in [0.3, 0.4) is 0 Å². The molecular formula is C14H20ClFN2O2S. The quantitative estimate of drug-likeness (QED) is 0.796. The van der Waals surface area contributed by atoms with Gasteiger partial charge in [0, 0.05) is 31.1 Å². The summed E-state index contributed by atoms with van der Waals surface area (Å²) in [6.45, 7) is 5.37. The maximum atomic E-state index is 13.5. The van der Waals surface area contributed by atoms with E-state index in [0.29, 0.717) is 25.2 Å². The normalized spacial score (nSPS) is 20.6. The number of hydrogen-bond acceptors (Lipinski definition) is 3. The molecule has 0 N–H and O–H groups in total. The van der Waals surface area contributed by atoms with Gasteiger partial charge < -0.3 is 0 Å². The van der Waals surface area contributed by atoms with Crippen molar-refractivity contribution in [3.8, 4) is 0 Å². The Bertz CT molecular complexity index is 634. The van der Waals surface area contributed by atoms with Crippen molar-refractivity contribution in [2.75, 3.05) is 26.7 Å². The van der Waals surface area contributed by atoms with E-state index in [0.717, 1.165) is 6.07 Å². The molecule has 1 aliphatic heterocycles. The van der Waals surface area contributed by atoms with Gasteiger partial charge in [-0.15, -0.1) is 11.6 Å². The molecule has 0 saturated carbocycles. The zero-order valence-corrected chi connectivity index (χ0v) is 14.0. The molecule has 1 aliphatic rings. The molecule has 1 aromatic rings. The molecule has 1 saturated heterocycles. The predicted octanol–water partition coefficient (Wildman–Crippen LogP) is 2.28. The molecule has 1 fully saturated rings. The van der Waals surface area contributed by atoms with Crippen molar-refractivity contribution in [2.45, 2.75) is 30.2 Å². The van der Waals surface area contributed by atoms with E-state index in [2.05, 4.69) is 4.90 Å². The number of nitrogens with zero attached hydrogens (tertiary/aromatic N) is 2. The van der Waals surface area contributed by atoms with Gasteiger partial charge in [-0.3, -0.25) is 4.90 Å². The summed E-state index contributed by atoms with van der Waals surface area (Å²) < 4.78 is 40.5. The average Bonchev–Trinajstić information content (AvgIpc) is 2.41. The van der Waals surface area contributed by atoms with Crippen LogP contribution in [0.25, 0.3) is 0 Å². The molecule has 7 heteroatoms. The lowest BCUT2D eigenvalue weighted by Crippen LogP contribution is -2.58. The van der Waals surface area contributed by atoms with Crippen molar-refractivity contribution in [2.24, 2.45) is 0 Å². The van der Waals surface area contributed by atoms with Gasteiger partial charge in [0.05, 0.1) is 4.90 Å². The largest absolute Gasteiger partial charge is 0.299 e. The van der Waals surface area contributed by atoms with Crippen LogP contribution in [0.5, 0.6) is 0 Å². The van der Waals surface area contributed by atoms with Crippen LogP contribution in [0.1, 0.15) is 19.4 Å². The first-order valence-electron chi connectivity index (χ1n) is 6.74. The fraction of sp³-hybridized carbons (Fsp3) is 0.571. The predicted molar refractivity (Wildman–Crippen MR) is 81.4 cm³/mol. The summed E-state index contributed by atoms with van der Waals surface area (Å²) in [5.74, 6) is -0.540. The first-order valence-corrected chi connectivity index (χ1v) is 8.72. The summed E-state index contributed by atoms with van der Waals surface area (Å²) in [6.07, 6.45) is 0. The summed E-state index contributed by atoms with van der Waals surface area (Å²) in [5, 5.41) is 0. The number of rotatable bonds is 3. The second-order valence-electron chi connectivity index (χ2n) is 5.96. The third kappa shape index (κ3) is 3.23. The molecule has 4 nitrogen and oxygen atoms in total. The highest BCUT2D eigenvalue weighted by atomic mass is 35.5. The number of halogens is 2. The fourth-order valence-electron chi connectivity index (χ4n) is 2.42. The maximum absolute atomic E-state index is 13.5. The molecule has 21 heavy (non-hydrogen) atoms. The minimum absolute atomic E-state index is 0.0298. The smallest absolute Gasteiger partial charge is 0.243 e. The molecule has 0 aromatic heterocycles. The Morgan fingerprint density at radius 2 is 2.00 bits per heavy atom. The van der Waals surface area contributed by atoms with Gasteiger partial charge in [-0.25, -0.2) is 12.8 Å². The number of sulfonamides is 1. The molecule has 0 aliphatic carbocycles. The summed E-state index contributed by atoms with van der Waals surface area (Å²) >= 11 is 5.79. The molecule has 0 spiro atoms. The molecular weight excluding hydrogens is 315 g/mol. The Balaban J connectivity index is 2.41. The number of hydrogen-bond donors (Lipinski definition) is 0. The Hall–Kier alpha value is -0.690. The molecule has 118 valence electrons. The minimum Gasteiger partial charge on any atom is -0.299 e. The van der Waals surface area contributed by atoms with E-state index in [4.69, 9.17) is 11.6 Å². The van der Waals surface area contributed by atoms with E-state index in [1.165, 1.54) is 16.4 Å². The summed E-state index contributed by atoms with van der Waals surface area (Å²) in [5.41, 5.74) is 0.162. The molecule has 1 aromatic carbocycles. The van der Waals surface area contributed by atoms with E-state index < -0.39 is 15.8 Å². The van der Waals surface area contributed by atoms with E-state index >= 15 is 0 Å². The average molecular weight is 335 g/mol. The molecule has 0 unspecified atom stereocenters. The van der Waals surface area contributed by atoms with E-state index in [1.807, 2.05) is 20.9 Å². The Kier molecular flexibility index (Phi) is 4.63. The zero-order chi connectivity index (χ0) is 15.8. The van der Waals surface area contributed by atoms with Gasteiger partial charge in [-0.2, -0.15) is 4.31 Å². The highest BCUT2D eigenvalue weighted by molar-refractivity contribution is 7.89. The minimum atomic E-state index is -3.74. The van der Waals surface area contributed by atoms with E-state index in [1.54, 1.807) is 0 Å². The van der Waals surface area contributed by atoms with Gasteiger partial charge in [0.25, 0.3) is 0 Å². The highest BCUT2D eigenvalue weighted by Gasteiger charge is 2.38. The molecule has 2 rings (SSSR count). The van der Waals surface area contributed by atoms with Crippen LogP contribution in [-0.2, 0) is 15.9 Å². The van der Waals surface area contributed by atoms with Gasteiger partial charge in [0.1, 0.15) is 5.82 Å². The molecule has 1 heterocycles. The van der Waals surface area contributed by atoms with Crippen LogP contribution >= 0.6 is 11.6 Å². The first-order chi connectivity index (χ1) is 9.68. The topological polar surface area (TPSA) is 40.6 Å². The Morgan fingerprint density at radius 1 is 1.33 bits per heavy atom. The standard InChI is InChI=1S/C14H20ClFN2O2S/c1-14(2)10-18(7-6-17(14)3)21(19,20)13-8-12(16)5-4-11(13)9-15/h4-5,8H,6-7,9-10H2,1-3H3. The van der Waals surface area contributed by atoms with Crippen molar-refractivity contribution in [1.29, 1.82) is 0 Å². The lowest BCUT2D eigenvalue weighted by molar-refractivity contribution is 0.0801. The summed E-state index contributed by atoms with van der Waals surface area (Å²) in [4.78, 5) is 2.09. The molecule has 0 amide bonds. The summed E-state index contributed by atoms with van der Waals surface area (Å²) in [6, 6.07) is 3.71. The monoisotopic (exact) mass is 334 g/mol. The van der Waals surface area contributed by atoms with Crippen LogP contribution in [0.4, 0.5) is 4.39 Å². The number of likely N-dealkylation sites (N-methyl/N-ethyl adjacent to an activating group) is 1. The SMILES string of the molecule is CN1CCN(S(=O)(=O)c2cc(F)ccc2CCl)CC1(C)C. The van der Waals surface area contributed by atoms with Gasteiger partial charge in [-0.1, -0.05) is 6.07 Å². The lowest BCUT2D eigenvalue weighted by Gasteiger charge is -2.44. The van der Waals surface area contributed by atoms with Gasteiger partial charge >= 0.3 is 0 Å². The van der Waals surface area contributed by atoms with Crippen molar-refractivity contribution in [3.63, 3.8) is 0 Å². The molecule has 0 radical (unpaired) electrons. The second-order valence-corrected chi connectivity index (χ2v) is 8.13. The van der Waals surface area contributed by atoms with E-state index in [-0.39, 0.29) is 16.3 Å². The van der Waals surface area contributed by atoms with Gasteiger partial charge in [-0.05, 0) is 38.6 Å². The maximum Gasteiger partial charge on any atom is 0.243 e. The Morgan fingerprint density at radius 3 is 2.57 bits per heavy atom. The van der Waals surface area contributed by atoms with Gasteiger partial charge in [0.15, 0.2) is 0 Å². The van der Waals surface area contributed by atoms with Crippen LogP contribution in [0.15, 0.2) is 23.1 Å². The number of piperazine rings is 1. The van der Waals surface area contributed by atoms with Crippen LogP contribution in [-0.4, -0.2) is 49.8 Å². The van der Waals surface area contributed by atoms with Crippen molar-refractivity contribution < 1.29 is 12.8 Å². The number of alkyl halides is 1. The molecule has 0 bridgehead atoms. The fourth-order valence-corrected chi connectivity index (χ4v) is 4.55. The molecule has 0 atom stereocenters. The Labute approximate surface area is 130 Å². The van der Waals surface area contributed by atoms with Gasteiger partial charge in [0.2, 0.25) is 10.0 Å². The van der Waals surface area contributed by atoms with Crippen LogP contribution in [0.2, 0.25) is 0 Å². The third-order valence-electron chi connectivity index (χ3n) is 4.07. The third-order valence-corrected chi connectivity index (χ3v) is 6.29. The zero-order valence-electron chi connectivity index (χ0n) is 12.4. The number of benzene rings is 1. The summed E-state index contributed by atoms with van der Waals surface area (Å²) in [7, 11) is -1.77. The highest BCUT2D eigenvalue weighted by Crippen LogP contribution is 2.27.